The van der Waals surface area contributed by atoms with Crippen molar-refractivity contribution in [2.45, 2.75) is 45.1 Å². The Kier molecular flexibility index (Phi) is 2.71. The highest BCUT2D eigenvalue weighted by Crippen LogP contribution is 2.48. The van der Waals surface area contributed by atoms with Crippen LogP contribution in [0.4, 0.5) is 0 Å². The minimum Gasteiger partial charge on any atom is -0.472 e. The van der Waals surface area contributed by atoms with Crippen LogP contribution in [0.3, 0.4) is 0 Å². The molecular formula is C14H18N2O2S. The van der Waals surface area contributed by atoms with Gasteiger partial charge >= 0.3 is 0 Å². The highest BCUT2D eigenvalue weighted by atomic mass is 32.1. The molecule has 0 amide bonds. The molecule has 0 saturated heterocycles. The van der Waals surface area contributed by atoms with Crippen LogP contribution in [0, 0.1) is 10.7 Å². The number of aromatic amines is 2. The summed E-state index contributed by atoms with van der Waals surface area (Å²) in [5, 5.41) is 0. The number of nitrogens with one attached hydrogen (secondary N) is 2. The lowest BCUT2D eigenvalue weighted by Crippen LogP contribution is -2.47. The van der Waals surface area contributed by atoms with Crippen LogP contribution < -0.4 is 10.3 Å². The standard InChI is InChI=1S/C14H18N2O2S/c1-7-4-5-9-8(6-7)10-11(17)15-13(19)16-12(10)18-14(9,2)3/h6,8-9H,4-5H2,1-3H3,(H2,15,16,17,19)/t8-,9+/m1/s1. The van der Waals surface area contributed by atoms with E-state index in [1.807, 2.05) is 0 Å². The fourth-order valence-corrected chi connectivity index (χ4v) is 3.52. The van der Waals surface area contributed by atoms with Crippen molar-refractivity contribution in [3.63, 3.8) is 0 Å². The Morgan fingerprint density at radius 2 is 2.16 bits per heavy atom. The number of rotatable bonds is 0. The molecule has 2 atom stereocenters. The quantitative estimate of drug-likeness (QED) is 0.566. The van der Waals surface area contributed by atoms with Gasteiger partial charge in [-0.3, -0.25) is 9.78 Å². The Balaban J connectivity index is 2.27. The molecule has 2 heterocycles. The second-order valence-electron chi connectivity index (χ2n) is 6.04. The van der Waals surface area contributed by atoms with E-state index in [2.05, 4.69) is 36.8 Å². The molecule has 0 bridgehead atoms. The zero-order valence-electron chi connectivity index (χ0n) is 11.4. The number of aromatic nitrogens is 2. The van der Waals surface area contributed by atoms with E-state index < -0.39 is 0 Å². The first-order valence-electron chi connectivity index (χ1n) is 6.61. The van der Waals surface area contributed by atoms with E-state index in [0.29, 0.717) is 22.1 Å². The second kappa shape index (κ2) is 4.07. The average molecular weight is 278 g/mol. The third-order valence-electron chi connectivity index (χ3n) is 4.28. The maximum Gasteiger partial charge on any atom is 0.259 e. The van der Waals surface area contributed by atoms with E-state index in [-0.39, 0.29) is 17.1 Å². The minimum absolute atomic E-state index is 0.114. The molecule has 0 aromatic carbocycles. The van der Waals surface area contributed by atoms with Gasteiger partial charge in [0.05, 0.1) is 5.56 Å². The van der Waals surface area contributed by atoms with Gasteiger partial charge in [0.25, 0.3) is 5.56 Å². The molecule has 0 saturated carbocycles. The molecule has 0 spiro atoms. The van der Waals surface area contributed by atoms with Gasteiger partial charge in [0.2, 0.25) is 5.88 Å². The first kappa shape index (κ1) is 12.7. The van der Waals surface area contributed by atoms with Crippen LogP contribution in [0.1, 0.15) is 45.1 Å². The van der Waals surface area contributed by atoms with Gasteiger partial charge in [-0.15, -0.1) is 0 Å². The summed E-state index contributed by atoms with van der Waals surface area (Å²) in [5.41, 5.74) is 1.61. The van der Waals surface area contributed by atoms with Crippen LogP contribution in [0.25, 0.3) is 0 Å². The molecule has 5 heteroatoms. The molecule has 102 valence electrons. The van der Waals surface area contributed by atoms with E-state index >= 15 is 0 Å². The summed E-state index contributed by atoms with van der Waals surface area (Å²) in [6, 6.07) is 0. The normalized spacial score (nSPS) is 27.8. The molecule has 0 radical (unpaired) electrons. The number of allylic oxidation sites excluding steroid dienone is 2. The van der Waals surface area contributed by atoms with Gasteiger partial charge < -0.3 is 9.72 Å². The summed E-state index contributed by atoms with van der Waals surface area (Å²) in [7, 11) is 0. The van der Waals surface area contributed by atoms with Gasteiger partial charge in [-0.1, -0.05) is 11.6 Å². The van der Waals surface area contributed by atoms with Crippen LogP contribution in [0.5, 0.6) is 5.88 Å². The number of H-pyrrole nitrogens is 2. The molecule has 1 aliphatic heterocycles. The van der Waals surface area contributed by atoms with Crippen molar-refractivity contribution in [3.05, 3.63) is 32.3 Å². The van der Waals surface area contributed by atoms with Gasteiger partial charge in [0, 0.05) is 11.8 Å². The van der Waals surface area contributed by atoms with Crippen LogP contribution in [-0.4, -0.2) is 15.6 Å². The highest BCUT2D eigenvalue weighted by molar-refractivity contribution is 7.71. The van der Waals surface area contributed by atoms with Crippen LogP contribution in [0.2, 0.25) is 0 Å². The molecular weight excluding hydrogens is 260 g/mol. The average Bonchev–Trinajstić information content (AvgIpc) is 2.25. The highest BCUT2D eigenvalue weighted by Gasteiger charge is 2.45. The molecule has 3 rings (SSSR count). The Hall–Kier alpha value is -1.36. The summed E-state index contributed by atoms with van der Waals surface area (Å²) in [5.74, 6) is 0.975. The summed E-state index contributed by atoms with van der Waals surface area (Å²) < 4.78 is 6.33. The number of hydrogen-bond donors (Lipinski definition) is 2. The van der Waals surface area contributed by atoms with Gasteiger partial charge in [-0.2, -0.15) is 0 Å². The zero-order valence-corrected chi connectivity index (χ0v) is 12.2. The molecule has 0 unspecified atom stereocenters. The third-order valence-corrected chi connectivity index (χ3v) is 4.49. The Morgan fingerprint density at radius 1 is 1.42 bits per heavy atom. The monoisotopic (exact) mass is 278 g/mol. The number of fused-ring (bicyclic) bond motifs is 3. The van der Waals surface area contributed by atoms with Crippen molar-refractivity contribution in [2.75, 3.05) is 0 Å². The van der Waals surface area contributed by atoms with E-state index in [4.69, 9.17) is 17.0 Å². The maximum absolute atomic E-state index is 12.2. The minimum atomic E-state index is -0.291. The first-order valence-corrected chi connectivity index (χ1v) is 7.02. The van der Waals surface area contributed by atoms with E-state index in [1.165, 1.54) is 5.57 Å². The van der Waals surface area contributed by atoms with Crippen molar-refractivity contribution in [3.8, 4) is 5.88 Å². The van der Waals surface area contributed by atoms with Gasteiger partial charge in [-0.05, 0) is 45.8 Å². The SMILES string of the molecule is CC1=C[C@H]2c3c([nH]c(=S)[nH]c3=O)OC(C)(C)[C@H]2CC1. The van der Waals surface area contributed by atoms with Crippen molar-refractivity contribution < 1.29 is 4.74 Å². The lowest BCUT2D eigenvalue weighted by molar-refractivity contribution is 0.00601. The topological polar surface area (TPSA) is 57.9 Å². The second-order valence-corrected chi connectivity index (χ2v) is 6.45. The van der Waals surface area contributed by atoms with Gasteiger partial charge in [0.1, 0.15) is 5.60 Å². The molecule has 2 N–H and O–H groups in total. The number of ether oxygens (including phenoxy) is 1. The molecule has 1 aromatic rings. The van der Waals surface area contributed by atoms with E-state index in [1.54, 1.807) is 0 Å². The van der Waals surface area contributed by atoms with Crippen molar-refractivity contribution in [2.24, 2.45) is 5.92 Å². The summed E-state index contributed by atoms with van der Waals surface area (Å²) in [4.78, 5) is 17.9. The first-order chi connectivity index (χ1) is 8.88. The van der Waals surface area contributed by atoms with Gasteiger partial charge in [-0.25, -0.2) is 0 Å². The predicted octanol–water partition coefficient (Wildman–Crippen LogP) is 3.04. The molecule has 4 nitrogen and oxygen atoms in total. The summed E-state index contributed by atoms with van der Waals surface area (Å²) >= 11 is 5.02. The van der Waals surface area contributed by atoms with Crippen molar-refractivity contribution >= 4 is 12.2 Å². The van der Waals surface area contributed by atoms with Crippen LogP contribution in [0.15, 0.2) is 16.4 Å². The van der Waals surface area contributed by atoms with Crippen molar-refractivity contribution in [1.29, 1.82) is 0 Å². The smallest absolute Gasteiger partial charge is 0.259 e. The lowest BCUT2D eigenvalue weighted by Gasteiger charge is -2.45. The largest absolute Gasteiger partial charge is 0.472 e. The molecule has 2 aliphatic rings. The maximum atomic E-state index is 12.2. The van der Waals surface area contributed by atoms with Crippen molar-refractivity contribution in [1.82, 2.24) is 9.97 Å². The summed E-state index contributed by atoms with van der Waals surface area (Å²) in [6.45, 7) is 6.29. The fourth-order valence-electron chi connectivity index (χ4n) is 3.33. The Bertz CT molecular complexity index is 669. The Morgan fingerprint density at radius 3 is 2.89 bits per heavy atom. The Labute approximate surface area is 116 Å². The lowest BCUT2D eigenvalue weighted by atomic mass is 9.69. The van der Waals surface area contributed by atoms with E-state index in [0.717, 1.165) is 12.8 Å². The molecule has 1 aromatic heterocycles. The zero-order chi connectivity index (χ0) is 13.8. The fraction of sp³-hybridized carbons (Fsp3) is 0.571. The molecule has 1 aliphatic carbocycles. The number of hydrogen-bond acceptors (Lipinski definition) is 3. The predicted molar refractivity (Wildman–Crippen MR) is 76.2 cm³/mol. The third kappa shape index (κ3) is 1.96. The molecule has 0 fully saturated rings. The van der Waals surface area contributed by atoms with E-state index in [9.17, 15) is 4.79 Å². The van der Waals surface area contributed by atoms with Crippen LogP contribution >= 0.6 is 12.2 Å². The van der Waals surface area contributed by atoms with Gasteiger partial charge in [0.15, 0.2) is 4.77 Å². The summed E-state index contributed by atoms with van der Waals surface area (Å²) in [6.07, 6.45) is 4.34. The van der Waals surface area contributed by atoms with Crippen LogP contribution in [-0.2, 0) is 0 Å². The molecule has 19 heavy (non-hydrogen) atoms.